The van der Waals surface area contributed by atoms with Crippen molar-refractivity contribution < 1.29 is 4.79 Å². The Morgan fingerprint density at radius 3 is 2.93 bits per heavy atom. The Kier molecular flexibility index (Phi) is 4.92. The molecule has 4 rings (SSSR count). The summed E-state index contributed by atoms with van der Waals surface area (Å²) in [5.74, 6) is 1.46. The van der Waals surface area contributed by atoms with Crippen molar-refractivity contribution in [2.24, 2.45) is 0 Å². The predicted octanol–water partition coefficient (Wildman–Crippen LogP) is 3.68. The van der Waals surface area contributed by atoms with Gasteiger partial charge in [0.25, 0.3) is 0 Å². The van der Waals surface area contributed by atoms with Crippen LogP contribution in [0, 0.1) is 13.8 Å². The highest BCUT2D eigenvalue weighted by Crippen LogP contribution is 2.26. The predicted molar refractivity (Wildman–Crippen MR) is 106 cm³/mol. The van der Waals surface area contributed by atoms with E-state index >= 15 is 0 Å². The van der Waals surface area contributed by atoms with E-state index in [1.54, 1.807) is 0 Å². The van der Waals surface area contributed by atoms with Crippen LogP contribution in [0.3, 0.4) is 0 Å². The van der Waals surface area contributed by atoms with E-state index in [4.69, 9.17) is 0 Å². The van der Waals surface area contributed by atoms with Crippen LogP contribution in [-0.2, 0) is 11.2 Å². The van der Waals surface area contributed by atoms with Gasteiger partial charge in [-0.15, -0.1) is 10.2 Å². The normalized spacial score (nSPS) is 17.4. The lowest BCUT2D eigenvalue weighted by atomic mass is 9.96. The summed E-state index contributed by atoms with van der Waals surface area (Å²) in [4.78, 5) is 14.8. The Labute approximate surface area is 160 Å². The lowest BCUT2D eigenvalue weighted by Crippen LogP contribution is -2.39. The number of benzene rings is 1. The first kappa shape index (κ1) is 17.7. The number of piperidine rings is 1. The molecule has 0 saturated carbocycles. The van der Waals surface area contributed by atoms with Crippen molar-refractivity contribution in [1.82, 2.24) is 19.5 Å². The standard InChI is InChI=1S/C22H26N4O/c1-16-8-9-18(17(2)14-16)10-11-21(27)25-12-5-6-19(15-25)22-24-23-20-7-3-4-13-26(20)22/h3-4,7-9,13-14,19H,5-6,10-12,15H2,1-2H3. The second-order valence-corrected chi connectivity index (χ2v) is 7.60. The molecule has 140 valence electrons. The summed E-state index contributed by atoms with van der Waals surface area (Å²) in [5, 5.41) is 8.67. The summed E-state index contributed by atoms with van der Waals surface area (Å²) < 4.78 is 2.05. The SMILES string of the molecule is Cc1ccc(CCC(=O)N2CCCC(c3nnc4ccccn34)C2)c(C)c1. The summed E-state index contributed by atoms with van der Waals surface area (Å²) in [6, 6.07) is 12.4. The van der Waals surface area contributed by atoms with Crippen molar-refractivity contribution >= 4 is 11.6 Å². The van der Waals surface area contributed by atoms with Crippen molar-refractivity contribution in [3.63, 3.8) is 0 Å². The number of pyridine rings is 1. The third kappa shape index (κ3) is 3.72. The number of carbonyl (C=O) groups excluding carboxylic acids is 1. The minimum atomic E-state index is 0.244. The smallest absolute Gasteiger partial charge is 0.222 e. The molecule has 1 aromatic carbocycles. The molecule has 1 saturated heterocycles. The number of fused-ring (bicyclic) bond motifs is 1. The van der Waals surface area contributed by atoms with Gasteiger partial charge < -0.3 is 4.90 Å². The zero-order valence-electron chi connectivity index (χ0n) is 16.1. The average Bonchev–Trinajstić information content (AvgIpc) is 3.11. The van der Waals surface area contributed by atoms with Crippen molar-refractivity contribution in [2.75, 3.05) is 13.1 Å². The molecule has 1 aliphatic heterocycles. The van der Waals surface area contributed by atoms with Crippen LogP contribution in [-0.4, -0.2) is 38.5 Å². The molecule has 1 aliphatic rings. The number of hydrogen-bond acceptors (Lipinski definition) is 3. The van der Waals surface area contributed by atoms with Gasteiger partial charge in [0.15, 0.2) is 5.65 Å². The Balaban J connectivity index is 1.42. The van der Waals surface area contributed by atoms with Gasteiger partial charge in [0.1, 0.15) is 5.82 Å². The molecule has 2 aromatic heterocycles. The van der Waals surface area contributed by atoms with Crippen LogP contribution in [0.25, 0.3) is 5.65 Å². The zero-order chi connectivity index (χ0) is 18.8. The van der Waals surface area contributed by atoms with Crippen molar-refractivity contribution in [3.05, 3.63) is 65.1 Å². The molecular weight excluding hydrogens is 336 g/mol. The molecule has 1 amide bonds. The molecule has 0 bridgehead atoms. The molecule has 1 fully saturated rings. The van der Waals surface area contributed by atoms with Gasteiger partial charge in [-0.1, -0.05) is 29.8 Å². The maximum atomic E-state index is 12.8. The van der Waals surface area contributed by atoms with E-state index in [2.05, 4.69) is 42.2 Å². The Morgan fingerprint density at radius 1 is 1.19 bits per heavy atom. The van der Waals surface area contributed by atoms with Crippen LogP contribution in [0.4, 0.5) is 0 Å². The number of nitrogens with zero attached hydrogens (tertiary/aromatic N) is 4. The van der Waals surface area contributed by atoms with Gasteiger partial charge in [-0.3, -0.25) is 9.20 Å². The van der Waals surface area contributed by atoms with Crippen LogP contribution < -0.4 is 0 Å². The van der Waals surface area contributed by atoms with Gasteiger partial charge in [0.05, 0.1) is 0 Å². The molecule has 3 aromatic rings. The number of aryl methyl sites for hydroxylation is 3. The fraction of sp³-hybridized carbons (Fsp3) is 0.409. The van der Waals surface area contributed by atoms with Crippen molar-refractivity contribution in [1.29, 1.82) is 0 Å². The summed E-state index contributed by atoms with van der Waals surface area (Å²) in [6.07, 6.45) is 5.45. The molecule has 0 aliphatic carbocycles. The van der Waals surface area contributed by atoms with Crippen LogP contribution >= 0.6 is 0 Å². The van der Waals surface area contributed by atoms with E-state index in [0.717, 1.165) is 43.8 Å². The summed E-state index contributed by atoms with van der Waals surface area (Å²) in [6.45, 7) is 5.81. The zero-order valence-corrected chi connectivity index (χ0v) is 16.1. The first-order chi connectivity index (χ1) is 13.1. The minimum absolute atomic E-state index is 0.244. The fourth-order valence-electron chi connectivity index (χ4n) is 4.08. The van der Waals surface area contributed by atoms with E-state index < -0.39 is 0 Å². The maximum absolute atomic E-state index is 12.8. The Bertz CT molecular complexity index is 962. The number of rotatable bonds is 4. The molecule has 0 spiro atoms. The van der Waals surface area contributed by atoms with Gasteiger partial charge in [-0.05, 0) is 56.4 Å². The number of amides is 1. The van der Waals surface area contributed by atoms with Gasteiger partial charge >= 0.3 is 0 Å². The quantitative estimate of drug-likeness (QED) is 0.711. The first-order valence-electron chi connectivity index (χ1n) is 9.75. The van der Waals surface area contributed by atoms with Gasteiger partial charge in [-0.25, -0.2) is 0 Å². The molecule has 0 radical (unpaired) electrons. The lowest BCUT2D eigenvalue weighted by Gasteiger charge is -2.32. The highest BCUT2D eigenvalue weighted by atomic mass is 16.2. The number of hydrogen-bond donors (Lipinski definition) is 0. The van der Waals surface area contributed by atoms with E-state index in [0.29, 0.717) is 6.42 Å². The highest BCUT2D eigenvalue weighted by Gasteiger charge is 2.27. The van der Waals surface area contributed by atoms with E-state index in [-0.39, 0.29) is 11.8 Å². The largest absolute Gasteiger partial charge is 0.342 e. The Morgan fingerprint density at radius 2 is 2.07 bits per heavy atom. The molecule has 5 heteroatoms. The second-order valence-electron chi connectivity index (χ2n) is 7.60. The second kappa shape index (κ2) is 7.51. The summed E-state index contributed by atoms with van der Waals surface area (Å²) in [5.41, 5.74) is 4.67. The maximum Gasteiger partial charge on any atom is 0.222 e. The van der Waals surface area contributed by atoms with Crippen LogP contribution in [0.5, 0.6) is 0 Å². The topological polar surface area (TPSA) is 50.5 Å². The molecule has 27 heavy (non-hydrogen) atoms. The monoisotopic (exact) mass is 362 g/mol. The molecule has 5 nitrogen and oxygen atoms in total. The third-order valence-electron chi connectivity index (χ3n) is 5.59. The van der Waals surface area contributed by atoms with Crippen LogP contribution in [0.15, 0.2) is 42.6 Å². The van der Waals surface area contributed by atoms with E-state index in [9.17, 15) is 4.79 Å². The third-order valence-corrected chi connectivity index (χ3v) is 5.59. The van der Waals surface area contributed by atoms with E-state index in [1.807, 2.05) is 33.7 Å². The van der Waals surface area contributed by atoms with Crippen molar-refractivity contribution in [2.45, 2.75) is 45.4 Å². The Hall–Kier alpha value is -2.69. The van der Waals surface area contributed by atoms with Gasteiger partial charge in [0, 0.05) is 31.6 Å². The average molecular weight is 362 g/mol. The molecular formula is C22H26N4O. The number of aromatic nitrogens is 3. The molecule has 1 unspecified atom stereocenters. The van der Waals surface area contributed by atoms with E-state index in [1.165, 1.54) is 16.7 Å². The van der Waals surface area contributed by atoms with Crippen LogP contribution in [0.2, 0.25) is 0 Å². The lowest BCUT2D eigenvalue weighted by molar-refractivity contribution is -0.132. The summed E-state index contributed by atoms with van der Waals surface area (Å²) >= 11 is 0. The number of carbonyl (C=O) groups is 1. The molecule has 1 atom stereocenters. The first-order valence-corrected chi connectivity index (χ1v) is 9.75. The number of likely N-dealkylation sites (tertiary alicyclic amines) is 1. The minimum Gasteiger partial charge on any atom is -0.342 e. The molecule has 0 N–H and O–H groups in total. The van der Waals surface area contributed by atoms with Gasteiger partial charge in [-0.2, -0.15) is 0 Å². The highest BCUT2D eigenvalue weighted by molar-refractivity contribution is 5.76. The van der Waals surface area contributed by atoms with Gasteiger partial charge in [0.2, 0.25) is 5.91 Å². The molecule has 3 heterocycles. The fourth-order valence-corrected chi connectivity index (χ4v) is 4.08. The summed E-state index contributed by atoms with van der Waals surface area (Å²) in [7, 11) is 0. The van der Waals surface area contributed by atoms with Crippen LogP contribution in [0.1, 0.15) is 47.7 Å². The van der Waals surface area contributed by atoms with Crippen molar-refractivity contribution in [3.8, 4) is 0 Å².